The van der Waals surface area contributed by atoms with Crippen molar-refractivity contribution in [3.63, 3.8) is 0 Å². The molecule has 0 saturated heterocycles. The van der Waals surface area contributed by atoms with Crippen LogP contribution in [0.3, 0.4) is 0 Å². The highest BCUT2D eigenvalue weighted by Gasteiger charge is 2.11. The molecule has 18 heavy (non-hydrogen) atoms. The van der Waals surface area contributed by atoms with E-state index in [4.69, 9.17) is 11.6 Å². The minimum absolute atomic E-state index is 0.0804. The van der Waals surface area contributed by atoms with Gasteiger partial charge in [0.1, 0.15) is 0 Å². The summed E-state index contributed by atoms with van der Waals surface area (Å²) >= 11 is 7.18. The van der Waals surface area contributed by atoms with Gasteiger partial charge in [-0.2, -0.15) is 0 Å². The van der Waals surface area contributed by atoms with Crippen molar-refractivity contribution in [3.8, 4) is 0 Å². The number of carbonyl (C=O) groups is 2. The van der Waals surface area contributed by atoms with Gasteiger partial charge in [-0.05, 0) is 32.0 Å². The lowest BCUT2D eigenvalue weighted by atomic mass is 10.2. The van der Waals surface area contributed by atoms with Gasteiger partial charge in [0.15, 0.2) is 6.29 Å². The number of amides is 1. The van der Waals surface area contributed by atoms with Gasteiger partial charge < -0.3 is 4.90 Å². The average Bonchev–Trinajstić information content (AvgIpc) is 2.38. The first-order valence-electron chi connectivity index (χ1n) is 5.77. The number of carbonyl (C=O) groups excluding carboxylic acids is 2. The normalized spacial score (nSPS) is 10.2. The van der Waals surface area contributed by atoms with Crippen molar-refractivity contribution in [3.05, 3.63) is 28.8 Å². The molecule has 0 aromatic heterocycles. The summed E-state index contributed by atoms with van der Waals surface area (Å²) in [5.41, 5.74) is 0.528. The van der Waals surface area contributed by atoms with Gasteiger partial charge in [0.2, 0.25) is 5.91 Å². The van der Waals surface area contributed by atoms with Crippen LogP contribution in [0.2, 0.25) is 5.02 Å². The molecule has 0 fully saturated rings. The van der Waals surface area contributed by atoms with Crippen molar-refractivity contribution in [2.24, 2.45) is 0 Å². The molecule has 98 valence electrons. The minimum atomic E-state index is 0.0804. The molecule has 0 N–H and O–H groups in total. The fraction of sp³-hybridized carbons (Fsp3) is 0.385. The summed E-state index contributed by atoms with van der Waals surface area (Å²) in [4.78, 5) is 25.3. The molecule has 0 radical (unpaired) electrons. The molecule has 0 atom stereocenters. The van der Waals surface area contributed by atoms with Crippen LogP contribution in [-0.4, -0.2) is 35.9 Å². The quantitative estimate of drug-likeness (QED) is 0.595. The van der Waals surface area contributed by atoms with E-state index in [1.54, 1.807) is 23.1 Å². The van der Waals surface area contributed by atoms with E-state index in [1.807, 2.05) is 13.8 Å². The van der Waals surface area contributed by atoms with Crippen LogP contribution in [0.15, 0.2) is 23.1 Å². The standard InChI is InChI=1S/C13H16ClNO2S/c1-3-15(4-2)13(17)9-18-12-6-5-11(14)7-10(12)8-16/h5-8H,3-4,9H2,1-2H3. The molecule has 0 aliphatic carbocycles. The number of hydrogen-bond donors (Lipinski definition) is 0. The van der Waals surface area contributed by atoms with E-state index in [0.29, 0.717) is 29.4 Å². The van der Waals surface area contributed by atoms with Crippen LogP contribution < -0.4 is 0 Å². The second-order valence-electron chi connectivity index (χ2n) is 3.65. The fourth-order valence-electron chi connectivity index (χ4n) is 1.55. The van der Waals surface area contributed by atoms with Crippen LogP contribution in [0.1, 0.15) is 24.2 Å². The number of nitrogens with zero attached hydrogens (tertiary/aromatic N) is 1. The fourth-order valence-corrected chi connectivity index (χ4v) is 2.63. The molecule has 1 aromatic carbocycles. The number of thioether (sulfide) groups is 1. The Morgan fingerprint density at radius 1 is 1.39 bits per heavy atom. The van der Waals surface area contributed by atoms with E-state index in [0.717, 1.165) is 11.2 Å². The van der Waals surface area contributed by atoms with Crippen LogP contribution >= 0.6 is 23.4 Å². The number of halogens is 1. The first kappa shape index (κ1) is 15.1. The molecule has 0 aliphatic rings. The molecule has 0 spiro atoms. The first-order valence-corrected chi connectivity index (χ1v) is 7.14. The summed E-state index contributed by atoms with van der Waals surface area (Å²) in [6.45, 7) is 5.31. The number of aldehydes is 1. The molecule has 1 amide bonds. The molecule has 1 rings (SSSR count). The minimum Gasteiger partial charge on any atom is -0.343 e. The van der Waals surface area contributed by atoms with Crippen LogP contribution in [0.4, 0.5) is 0 Å². The molecule has 0 saturated carbocycles. The molecule has 0 bridgehead atoms. The van der Waals surface area contributed by atoms with Crippen molar-refractivity contribution < 1.29 is 9.59 Å². The van der Waals surface area contributed by atoms with Gasteiger partial charge >= 0.3 is 0 Å². The molecule has 1 aromatic rings. The van der Waals surface area contributed by atoms with Gasteiger partial charge in [0.05, 0.1) is 5.75 Å². The maximum absolute atomic E-state index is 11.8. The van der Waals surface area contributed by atoms with Gasteiger partial charge in [-0.15, -0.1) is 11.8 Å². The van der Waals surface area contributed by atoms with Gasteiger partial charge in [-0.1, -0.05) is 11.6 Å². The Hall–Kier alpha value is -1.00. The third kappa shape index (κ3) is 4.03. The van der Waals surface area contributed by atoms with Gasteiger partial charge in [0, 0.05) is 28.6 Å². The topological polar surface area (TPSA) is 37.4 Å². The first-order chi connectivity index (χ1) is 8.62. The highest BCUT2D eigenvalue weighted by atomic mass is 35.5. The molecule has 0 unspecified atom stereocenters. The lowest BCUT2D eigenvalue weighted by Crippen LogP contribution is -2.31. The zero-order valence-electron chi connectivity index (χ0n) is 10.5. The highest BCUT2D eigenvalue weighted by molar-refractivity contribution is 8.00. The summed E-state index contributed by atoms with van der Waals surface area (Å²) in [5, 5.41) is 0.525. The van der Waals surface area contributed by atoms with Gasteiger partial charge in [-0.3, -0.25) is 9.59 Å². The zero-order chi connectivity index (χ0) is 13.5. The summed E-state index contributed by atoms with van der Waals surface area (Å²) < 4.78 is 0. The molecular weight excluding hydrogens is 270 g/mol. The Kier molecular flexibility index (Phi) is 6.22. The maximum Gasteiger partial charge on any atom is 0.232 e. The highest BCUT2D eigenvalue weighted by Crippen LogP contribution is 2.24. The van der Waals surface area contributed by atoms with Gasteiger partial charge in [-0.25, -0.2) is 0 Å². The van der Waals surface area contributed by atoms with Crippen molar-refractivity contribution in [1.82, 2.24) is 4.90 Å². The van der Waals surface area contributed by atoms with Crippen LogP contribution in [0.5, 0.6) is 0 Å². The Morgan fingerprint density at radius 3 is 2.61 bits per heavy atom. The average molecular weight is 286 g/mol. The van der Waals surface area contributed by atoms with Crippen molar-refractivity contribution in [1.29, 1.82) is 0 Å². The Labute approximate surface area is 116 Å². The zero-order valence-corrected chi connectivity index (χ0v) is 12.1. The lowest BCUT2D eigenvalue weighted by Gasteiger charge is -2.18. The predicted octanol–water partition coefficient (Wildman–Crippen LogP) is 3.11. The largest absolute Gasteiger partial charge is 0.343 e. The molecule has 5 heteroatoms. The van der Waals surface area contributed by atoms with E-state index in [-0.39, 0.29) is 5.91 Å². The SMILES string of the molecule is CCN(CC)C(=O)CSc1ccc(Cl)cc1C=O. The number of rotatable bonds is 6. The molecular formula is C13H16ClNO2S. The third-order valence-corrected chi connectivity index (χ3v) is 3.88. The second kappa shape index (κ2) is 7.44. The van der Waals surface area contributed by atoms with Crippen molar-refractivity contribution in [2.45, 2.75) is 18.7 Å². The maximum atomic E-state index is 11.8. The monoisotopic (exact) mass is 285 g/mol. The lowest BCUT2D eigenvalue weighted by molar-refractivity contribution is -0.127. The smallest absolute Gasteiger partial charge is 0.232 e. The van der Waals surface area contributed by atoms with E-state index < -0.39 is 0 Å². The molecule has 0 heterocycles. The van der Waals surface area contributed by atoms with E-state index >= 15 is 0 Å². The summed E-state index contributed by atoms with van der Waals surface area (Å²) in [6, 6.07) is 5.10. The Bertz CT molecular complexity index is 433. The van der Waals surface area contributed by atoms with Crippen molar-refractivity contribution in [2.75, 3.05) is 18.8 Å². The van der Waals surface area contributed by atoms with E-state index in [9.17, 15) is 9.59 Å². The van der Waals surface area contributed by atoms with Crippen LogP contribution in [0, 0.1) is 0 Å². The molecule has 3 nitrogen and oxygen atoms in total. The number of benzene rings is 1. The Balaban J connectivity index is 2.69. The van der Waals surface area contributed by atoms with Crippen LogP contribution in [0.25, 0.3) is 0 Å². The van der Waals surface area contributed by atoms with Gasteiger partial charge in [0.25, 0.3) is 0 Å². The number of hydrogen-bond acceptors (Lipinski definition) is 3. The Morgan fingerprint density at radius 2 is 2.06 bits per heavy atom. The summed E-state index contributed by atoms with van der Waals surface area (Å²) in [7, 11) is 0. The summed E-state index contributed by atoms with van der Waals surface area (Å²) in [6.07, 6.45) is 0.760. The predicted molar refractivity (Wildman–Crippen MR) is 75.5 cm³/mol. The molecule has 0 aliphatic heterocycles. The third-order valence-electron chi connectivity index (χ3n) is 2.57. The van der Waals surface area contributed by atoms with Crippen LogP contribution in [-0.2, 0) is 4.79 Å². The van der Waals surface area contributed by atoms with Crippen molar-refractivity contribution >= 4 is 35.6 Å². The van der Waals surface area contributed by atoms with E-state index in [1.165, 1.54) is 11.8 Å². The summed E-state index contributed by atoms with van der Waals surface area (Å²) in [5.74, 6) is 0.418. The second-order valence-corrected chi connectivity index (χ2v) is 5.11. The van der Waals surface area contributed by atoms with E-state index in [2.05, 4.69) is 0 Å².